The van der Waals surface area contributed by atoms with Gasteiger partial charge in [-0.1, -0.05) is 48.6 Å². The number of fused-ring (bicyclic) bond motifs is 5. The summed E-state index contributed by atoms with van der Waals surface area (Å²) >= 11 is 0. The zero-order chi connectivity index (χ0) is 14.9. The van der Waals surface area contributed by atoms with Gasteiger partial charge in [-0.05, 0) is 42.2 Å². The van der Waals surface area contributed by atoms with Gasteiger partial charge in [-0.15, -0.1) is 0 Å². The molecule has 4 atom stereocenters. The average Bonchev–Trinajstić information content (AvgIpc) is 2.85. The number of hydrogen-bond acceptors (Lipinski definition) is 2. The summed E-state index contributed by atoms with van der Waals surface area (Å²) in [6.45, 7) is 0. The summed E-state index contributed by atoms with van der Waals surface area (Å²) in [5, 5.41) is 21.0. The molecule has 0 saturated heterocycles. The summed E-state index contributed by atoms with van der Waals surface area (Å²) in [7, 11) is 0. The molecule has 4 unspecified atom stereocenters. The van der Waals surface area contributed by atoms with E-state index in [0.29, 0.717) is 35.2 Å². The van der Waals surface area contributed by atoms with Crippen molar-refractivity contribution in [1.29, 1.82) is 0 Å². The fourth-order valence-electron chi connectivity index (χ4n) is 5.45. The molecule has 110 valence electrons. The van der Waals surface area contributed by atoms with Crippen LogP contribution in [0.4, 0.5) is 0 Å². The zero-order valence-electron chi connectivity index (χ0n) is 12.2. The highest BCUT2D eigenvalue weighted by molar-refractivity contribution is 5.61. The van der Waals surface area contributed by atoms with Crippen LogP contribution < -0.4 is 0 Å². The van der Waals surface area contributed by atoms with Crippen LogP contribution >= 0.6 is 0 Å². The van der Waals surface area contributed by atoms with E-state index in [1.165, 1.54) is 6.42 Å². The van der Waals surface area contributed by atoms with E-state index < -0.39 is 0 Å². The third-order valence-corrected chi connectivity index (χ3v) is 6.10. The van der Waals surface area contributed by atoms with E-state index in [2.05, 4.69) is 12.2 Å². The van der Waals surface area contributed by atoms with Crippen LogP contribution in [-0.2, 0) is 5.41 Å². The molecular formula is C20H18O2. The minimum atomic E-state index is -0.228. The third kappa shape index (κ3) is 1.27. The highest BCUT2D eigenvalue weighted by Crippen LogP contribution is 2.78. The molecule has 0 radical (unpaired) electrons. The zero-order valence-corrected chi connectivity index (χ0v) is 12.2. The van der Waals surface area contributed by atoms with E-state index in [1.807, 2.05) is 36.4 Å². The van der Waals surface area contributed by atoms with Crippen LogP contribution in [0.15, 0.2) is 60.7 Å². The van der Waals surface area contributed by atoms with Crippen LogP contribution in [-0.4, -0.2) is 10.2 Å². The Morgan fingerprint density at radius 2 is 1.18 bits per heavy atom. The first-order valence-corrected chi connectivity index (χ1v) is 8.00. The van der Waals surface area contributed by atoms with E-state index in [0.717, 1.165) is 11.1 Å². The molecule has 0 spiro atoms. The summed E-state index contributed by atoms with van der Waals surface area (Å²) in [5.41, 5.74) is 1.73. The minimum absolute atomic E-state index is 0.228. The number of phenolic OH excluding ortho intramolecular Hbond substituents is 2. The van der Waals surface area contributed by atoms with Crippen LogP contribution in [0.1, 0.15) is 17.5 Å². The second-order valence-corrected chi connectivity index (χ2v) is 6.90. The molecule has 2 saturated carbocycles. The van der Waals surface area contributed by atoms with Crippen molar-refractivity contribution in [3.63, 3.8) is 0 Å². The topological polar surface area (TPSA) is 40.5 Å². The second kappa shape index (κ2) is 3.95. The SMILES string of the molecule is Oc1ccccc1C1(c2ccccc2O)C2C3C=CC(C3)C21. The van der Waals surface area contributed by atoms with Crippen molar-refractivity contribution in [2.45, 2.75) is 11.8 Å². The van der Waals surface area contributed by atoms with E-state index in [-0.39, 0.29) is 5.41 Å². The van der Waals surface area contributed by atoms with Gasteiger partial charge in [0.05, 0.1) is 0 Å². The fourth-order valence-corrected chi connectivity index (χ4v) is 5.45. The van der Waals surface area contributed by atoms with Gasteiger partial charge in [0.2, 0.25) is 0 Å². The van der Waals surface area contributed by atoms with Gasteiger partial charge in [0.25, 0.3) is 0 Å². The molecule has 5 rings (SSSR count). The molecule has 22 heavy (non-hydrogen) atoms. The molecule has 3 aliphatic rings. The van der Waals surface area contributed by atoms with Crippen LogP contribution in [0, 0.1) is 23.7 Å². The van der Waals surface area contributed by atoms with E-state index in [4.69, 9.17) is 0 Å². The number of aromatic hydroxyl groups is 2. The maximum Gasteiger partial charge on any atom is 0.119 e. The Morgan fingerprint density at radius 1 is 0.727 bits per heavy atom. The molecule has 0 aromatic heterocycles. The monoisotopic (exact) mass is 290 g/mol. The Balaban J connectivity index is 1.76. The summed E-state index contributed by atoms with van der Waals surface area (Å²) < 4.78 is 0. The smallest absolute Gasteiger partial charge is 0.119 e. The molecule has 3 aliphatic carbocycles. The Hall–Kier alpha value is -2.22. The Kier molecular flexibility index (Phi) is 2.21. The van der Waals surface area contributed by atoms with Crippen LogP contribution in [0.25, 0.3) is 0 Å². The molecule has 2 nitrogen and oxygen atoms in total. The highest BCUT2D eigenvalue weighted by Gasteiger charge is 2.75. The number of allylic oxidation sites excluding steroid dienone is 2. The number of hydrogen-bond donors (Lipinski definition) is 2. The minimum Gasteiger partial charge on any atom is -0.508 e. The number of para-hydroxylation sites is 2. The van der Waals surface area contributed by atoms with Crippen molar-refractivity contribution in [2.24, 2.45) is 23.7 Å². The molecule has 2 heteroatoms. The molecule has 2 N–H and O–H groups in total. The molecule has 2 bridgehead atoms. The lowest BCUT2D eigenvalue weighted by molar-refractivity contribution is 0.416. The number of phenols is 2. The lowest BCUT2D eigenvalue weighted by Crippen LogP contribution is -2.20. The Labute approximate surface area is 129 Å². The molecule has 2 aromatic carbocycles. The number of rotatable bonds is 2. The van der Waals surface area contributed by atoms with Crippen LogP contribution in [0.5, 0.6) is 11.5 Å². The standard InChI is InChI=1S/C20H18O2/c21-16-7-3-1-5-14(16)20(15-6-2-4-8-17(15)22)18-12-9-10-13(11-12)19(18)20/h1-10,12-13,18-19,21-22H,11H2. The predicted molar refractivity (Wildman–Crippen MR) is 84.7 cm³/mol. The normalized spacial score (nSPS) is 32.9. The van der Waals surface area contributed by atoms with Gasteiger partial charge < -0.3 is 10.2 Å². The molecule has 0 amide bonds. The van der Waals surface area contributed by atoms with Crippen molar-refractivity contribution in [1.82, 2.24) is 0 Å². The van der Waals surface area contributed by atoms with Crippen molar-refractivity contribution in [2.75, 3.05) is 0 Å². The molecule has 0 heterocycles. The summed E-state index contributed by atoms with van der Waals surface area (Å²) in [6.07, 6.45) is 5.92. The molecule has 2 fully saturated rings. The highest BCUT2D eigenvalue weighted by atomic mass is 16.3. The maximum atomic E-state index is 10.5. The first-order valence-electron chi connectivity index (χ1n) is 8.00. The van der Waals surface area contributed by atoms with Crippen LogP contribution in [0.2, 0.25) is 0 Å². The molecular weight excluding hydrogens is 272 g/mol. The Bertz CT molecular complexity index is 726. The van der Waals surface area contributed by atoms with Gasteiger partial charge in [-0.3, -0.25) is 0 Å². The number of benzene rings is 2. The van der Waals surface area contributed by atoms with Crippen molar-refractivity contribution in [3.8, 4) is 11.5 Å². The third-order valence-electron chi connectivity index (χ3n) is 6.10. The van der Waals surface area contributed by atoms with Crippen molar-refractivity contribution >= 4 is 0 Å². The Morgan fingerprint density at radius 3 is 1.64 bits per heavy atom. The van der Waals surface area contributed by atoms with Gasteiger partial charge in [0.1, 0.15) is 11.5 Å². The quantitative estimate of drug-likeness (QED) is 0.825. The second-order valence-electron chi connectivity index (χ2n) is 6.90. The lowest BCUT2D eigenvalue weighted by atomic mass is 9.77. The van der Waals surface area contributed by atoms with Crippen LogP contribution in [0.3, 0.4) is 0 Å². The first-order chi connectivity index (χ1) is 10.7. The van der Waals surface area contributed by atoms with Gasteiger partial charge in [0.15, 0.2) is 0 Å². The van der Waals surface area contributed by atoms with E-state index >= 15 is 0 Å². The summed E-state index contributed by atoms with van der Waals surface area (Å²) in [4.78, 5) is 0. The fraction of sp³-hybridized carbons (Fsp3) is 0.300. The maximum absolute atomic E-state index is 10.5. The largest absolute Gasteiger partial charge is 0.508 e. The van der Waals surface area contributed by atoms with E-state index in [9.17, 15) is 10.2 Å². The van der Waals surface area contributed by atoms with Gasteiger partial charge in [-0.2, -0.15) is 0 Å². The first kappa shape index (κ1) is 12.3. The lowest BCUT2D eigenvalue weighted by Gasteiger charge is -2.26. The van der Waals surface area contributed by atoms with Gasteiger partial charge in [0, 0.05) is 16.5 Å². The molecule has 2 aromatic rings. The summed E-state index contributed by atoms with van der Waals surface area (Å²) in [5.74, 6) is 2.86. The van der Waals surface area contributed by atoms with E-state index in [1.54, 1.807) is 12.1 Å². The predicted octanol–water partition coefficient (Wildman–Crippen LogP) is 3.84. The molecule has 0 aliphatic heterocycles. The summed E-state index contributed by atoms with van der Waals surface area (Å²) in [6, 6.07) is 15.3. The van der Waals surface area contributed by atoms with Gasteiger partial charge in [-0.25, -0.2) is 0 Å². The van der Waals surface area contributed by atoms with Gasteiger partial charge >= 0.3 is 0 Å². The average molecular weight is 290 g/mol. The van der Waals surface area contributed by atoms with Crippen molar-refractivity contribution in [3.05, 3.63) is 71.8 Å². The van der Waals surface area contributed by atoms with Crippen molar-refractivity contribution < 1.29 is 10.2 Å².